The van der Waals surface area contributed by atoms with Crippen LogP contribution in [0.5, 0.6) is 0 Å². The number of hydrogen-bond acceptors (Lipinski definition) is 6. The van der Waals surface area contributed by atoms with Crippen molar-refractivity contribution in [2.75, 3.05) is 32.1 Å². The number of nitro groups is 1. The number of likely N-dealkylation sites (N-methyl/N-ethyl adjacent to an activating group) is 2. The minimum atomic E-state index is -0.410. The van der Waals surface area contributed by atoms with Crippen LogP contribution in [0.15, 0.2) is 6.07 Å². The van der Waals surface area contributed by atoms with E-state index in [1.54, 1.807) is 0 Å². The van der Waals surface area contributed by atoms with Gasteiger partial charge in [0.05, 0.1) is 9.80 Å². The molecule has 6 nitrogen and oxygen atoms in total. The van der Waals surface area contributed by atoms with E-state index in [-0.39, 0.29) is 11.5 Å². The number of rotatable bonds is 5. The van der Waals surface area contributed by atoms with Gasteiger partial charge in [-0.2, -0.15) is 0 Å². The zero-order valence-electron chi connectivity index (χ0n) is 12.0. The first kappa shape index (κ1) is 14.9. The molecule has 1 saturated heterocycles. The summed E-state index contributed by atoms with van der Waals surface area (Å²) >= 11 is 1.20. The van der Waals surface area contributed by atoms with Crippen LogP contribution in [0.4, 0.5) is 10.7 Å². The largest absolute Gasteiger partial charge is 0.359 e. The Morgan fingerprint density at radius 1 is 1.65 bits per heavy atom. The fraction of sp³-hybridized carbons (Fsp3) is 0.615. The highest BCUT2D eigenvalue weighted by molar-refractivity contribution is 7.18. The van der Waals surface area contributed by atoms with Gasteiger partial charge in [0.25, 0.3) is 0 Å². The molecular formula is C13H19N3O3S. The monoisotopic (exact) mass is 297 g/mol. The molecule has 0 spiro atoms. The predicted molar refractivity (Wildman–Crippen MR) is 79.9 cm³/mol. The zero-order chi connectivity index (χ0) is 14.9. The van der Waals surface area contributed by atoms with E-state index >= 15 is 0 Å². The Hall–Kier alpha value is -1.47. The van der Waals surface area contributed by atoms with Gasteiger partial charge in [-0.05, 0) is 33.4 Å². The van der Waals surface area contributed by atoms with E-state index in [4.69, 9.17) is 0 Å². The van der Waals surface area contributed by atoms with E-state index in [1.807, 2.05) is 11.9 Å². The first-order valence-electron chi connectivity index (χ1n) is 6.60. The molecule has 1 aliphatic heterocycles. The summed E-state index contributed by atoms with van der Waals surface area (Å²) in [6.07, 6.45) is 2.28. The zero-order valence-corrected chi connectivity index (χ0v) is 12.8. The Kier molecular flexibility index (Phi) is 4.39. The third-order valence-corrected chi connectivity index (χ3v) is 5.08. The summed E-state index contributed by atoms with van der Waals surface area (Å²) in [6, 6.07) is 1.81. The lowest BCUT2D eigenvalue weighted by Crippen LogP contribution is -2.36. The molecule has 0 saturated carbocycles. The van der Waals surface area contributed by atoms with Gasteiger partial charge in [0, 0.05) is 25.7 Å². The van der Waals surface area contributed by atoms with Crippen LogP contribution in [-0.4, -0.2) is 48.8 Å². The topological polar surface area (TPSA) is 66.7 Å². The molecule has 0 amide bonds. The Morgan fingerprint density at radius 2 is 2.35 bits per heavy atom. The van der Waals surface area contributed by atoms with Crippen LogP contribution in [0.3, 0.4) is 0 Å². The molecule has 2 rings (SSSR count). The molecule has 0 radical (unpaired) electrons. The van der Waals surface area contributed by atoms with Gasteiger partial charge in [0.15, 0.2) is 10.8 Å². The van der Waals surface area contributed by atoms with Crippen LogP contribution < -0.4 is 4.90 Å². The van der Waals surface area contributed by atoms with Crippen molar-refractivity contribution in [2.24, 2.45) is 0 Å². The molecule has 7 heteroatoms. The fourth-order valence-electron chi connectivity index (χ4n) is 2.56. The first-order chi connectivity index (χ1) is 9.40. The summed E-state index contributed by atoms with van der Waals surface area (Å²) in [4.78, 5) is 26.8. The van der Waals surface area contributed by atoms with Crippen LogP contribution >= 0.6 is 11.3 Å². The minimum absolute atomic E-state index is 0.0309. The van der Waals surface area contributed by atoms with Crippen molar-refractivity contribution in [2.45, 2.75) is 25.8 Å². The van der Waals surface area contributed by atoms with Gasteiger partial charge >= 0.3 is 5.69 Å². The number of carbonyl (C=O) groups excluding carboxylic acids is 1. The summed E-state index contributed by atoms with van der Waals surface area (Å²) in [5, 5.41) is 11.7. The third kappa shape index (κ3) is 2.99. The van der Waals surface area contributed by atoms with E-state index in [1.165, 1.54) is 30.7 Å². The number of ketones is 1. The average Bonchev–Trinajstić information content (AvgIpc) is 2.96. The van der Waals surface area contributed by atoms with E-state index in [9.17, 15) is 14.9 Å². The molecule has 1 aromatic rings. The summed E-state index contributed by atoms with van der Waals surface area (Å²) in [6.45, 7) is 3.25. The number of nitrogens with zero attached hydrogens (tertiary/aromatic N) is 3. The molecule has 1 unspecified atom stereocenters. The van der Waals surface area contributed by atoms with E-state index in [2.05, 4.69) is 11.9 Å². The normalized spacial score (nSPS) is 19.2. The van der Waals surface area contributed by atoms with Gasteiger partial charge in [-0.15, -0.1) is 11.3 Å². The average molecular weight is 297 g/mol. The maximum Gasteiger partial charge on any atom is 0.304 e. The van der Waals surface area contributed by atoms with Gasteiger partial charge < -0.3 is 9.80 Å². The number of anilines is 1. The molecule has 1 atom stereocenters. The van der Waals surface area contributed by atoms with E-state index in [0.717, 1.165) is 19.5 Å². The van der Waals surface area contributed by atoms with E-state index in [0.29, 0.717) is 15.9 Å². The van der Waals surface area contributed by atoms with Crippen LogP contribution in [0.1, 0.15) is 29.4 Å². The molecule has 110 valence electrons. The Balaban J connectivity index is 2.21. The maximum atomic E-state index is 11.4. The number of hydrogen-bond donors (Lipinski definition) is 0. The second-order valence-corrected chi connectivity index (χ2v) is 6.30. The lowest BCUT2D eigenvalue weighted by atomic mass is 10.2. The second kappa shape index (κ2) is 5.88. The Labute approximate surface area is 122 Å². The van der Waals surface area contributed by atoms with Crippen LogP contribution in [0.25, 0.3) is 0 Å². The van der Waals surface area contributed by atoms with Crippen molar-refractivity contribution >= 4 is 27.8 Å². The lowest BCUT2D eigenvalue weighted by molar-refractivity contribution is -0.383. The molecule has 1 aromatic heterocycles. The van der Waals surface area contributed by atoms with Crippen LogP contribution in [-0.2, 0) is 0 Å². The summed E-state index contributed by atoms with van der Waals surface area (Å²) in [5.74, 6) is -0.129. The number of Topliss-reactive ketones (excluding diaryl/α,β-unsaturated/α-hetero) is 1. The minimum Gasteiger partial charge on any atom is -0.359 e. The van der Waals surface area contributed by atoms with Gasteiger partial charge in [0.2, 0.25) is 0 Å². The number of carbonyl (C=O) groups is 1. The fourth-order valence-corrected chi connectivity index (χ4v) is 3.55. The second-order valence-electron chi connectivity index (χ2n) is 5.27. The van der Waals surface area contributed by atoms with Gasteiger partial charge in [-0.1, -0.05) is 0 Å². The molecule has 0 aliphatic carbocycles. The van der Waals surface area contributed by atoms with Crippen LogP contribution in [0.2, 0.25) is 0 Å². The maximum absolute atomic E-state index is 11.4. The van der Waals surface area contributed by atoms with Crippen molar-refractivity contribution in [3.05, 3.63) is 21.1 Å². The number of likely N-dealkylation sites (tertiary alicyclic amines) is 1. The molecule has 0 N–H and O–H groups in total. The molecule has 2 heterocycles. The van der Waals surface area contributed by atoms with Gasteiger partial charge in [0.1, 0.15) is 0 Å². The quantitative estimate of drug-likeness (QED) is 0.474. The van der Waals surface area contributed by atoms with Crippen molar-refractivity contribution < 1.29 is 9.72 Å². The predicted octanol–water partition coefficient (Wildman–Crippen LogP) is 2.39. The van der Waals surface area contributed by atoms with Crippen LogP contribution in [0, 0.1) is 10.1 Å². The van der Waals surface area contributed by atoms with Crippen molar-refractivity contribution in [3.8, 4) is 0 Å². The summed E-state index contributed by atoms with van der Waals surface area (Å²) < 4.78 is 0. The van der Waals surface area contributed by atoms with E-state index < -0.39 is 4.92 Å². The van der Waals surface area contributed by atoms with Gasteiger partial charge in [-0.25, -0.2) is 0 Å². The smallest absolute Gasteiger partial charge is 0.304 e. The molecular weight excluding hydrogens is 278 g/mol. The van der Waals surface area contributed by atoms with Crippen molar-refractivity contribution in [1.29, 1.82) is 0 Å². The Bertz CT molecular complexity index is 529. The van der Waals surface area contributed by atoms with Gasteiger partial charge in [-0.3, -0.25) is 14.9 Å². The number of thiophene rings is 1. The standard InChI is InChI=1S/C13H19N3O3S/c1-9(17)12-7-11(16(18)19)13(20-12)15(3)8-10-5-4-6-14(10)2/h7,10H,4-6,8H2,1-3H3. The first-order valence-corrected chi connectivity index (χ1v) is 7.42. The van der Waals surface area contributed by atoms with Crippen molar-refractivity contribution in [3.63, 3.8) is 0 Å². The summed E-state index contributed by atoms with van der Waals surface area (Å²) in [7, 11) is 3.93. The molecule has 20 heavy (non-hydrogen) atoms. The third-order valence-electron chi connectivity index (χ3n) is 3.74. The van der Waals surface area contributed by atoms with Crippen molar-refractivity contribution in [1.82, 2.24) is 4.90 Å². The summed E-state index contributed by atoms with van der Waals surface area (Å²) in [5.41, 5.74) is 0.0309. The highest BCUT2D eigenvalue weighted by atomic mass is 32.1. The molecule has 0 aromatic carbocycles. The lowest BCUT2D eigenvalue weighted by Gasteiger charge is -2.25. The molecule has 1 fully saturated rings. The Morgan fingerprint density at radius 3 is 2.85 bits per heavy atom. The SMILES string of the molecule is CC(=O)c1cc([N+](=O)[O-])c(N(C)CC2CCCN2C)s1. The molecule has 1 aliphatic rings. The molecule has 0 bridgehead atoms. The highest BCUT2D eigenvalue weighted by Gasteiger charge is 2.27. The highest BCUT2D eigenvalue weighted by Crippen LogP contribution is 2.37.